The maximum absolute atomic E-state index is 12.9. The maximum atomic E-state index is 12.9. The van der Waals surface area contributed by atoms with Crippen molar-refractivity contribution in [1.29, 1.82) is 0 Å². The van der Waals surface area contributed by atoms with Gasteiger partial charge in [0.1, 0.15) is 5.78 Å². The van der Waals surface area contributed by atoms with Crippen LogP contribution in [0.5, 0.6) is 0 Å². The van der Waals surface area contributed by atoms with E-state index in [2.05, 4.69) is 31.5 Å². The van der Waals surface area contributed by atoms with Crippen LogP contribution < -0.4 is 21.4 Å². The number of carbonyl (C=O) groups is 3. The van der Waals surface area contributed by atoms with Crippen molar-refractivity contribution in [3.05, 3.63) is 24.0 Å². The number of fused-ring (bicyclic) bond motifs is 1. The fourth-order valence-corrected chi connectivity index (χ4v) is 4.35. The lowest BCUT2D eigenvalue weighted by atomic mass is 9.93. The quantitative estimate of drug-likeness (QED) is 0.424. The van der Waals surface area contributed by atoms with Gasteiger partial charge in [0.05, 0.1) is 23.0 Å². The van der Waals surface area contributed by atoms with Gasteiger partial charge in [-0.1, -0.05) is 0 Å². The monoisotopic (exact) mass is 469 g/mol. The number of aromatic nitrogens is 3. The van der Waals surface area contributed by atoms with Gasteiger partial charge in [0.2, 0.25) is 0 Å². The molecular weight excluding hydrogens is 438 g/mol. The van der Waals surface area contributed by atoms with E-state index in [-0.39, 0.29) is 11.8 Å². The van der Waals surface area contributed by atoms with Gasteiger partial charge in [-0.2, -0.15) is 5.10 Å². The Labute approximate surface area is 197 Å². The van der Waals surface area contributed by atoms with Crippen LogP contribution in [-0.2, 0) is 25.8 Å². The van der Waals surface area contributed by atoms with Crippen LogP contribution in [-0.4, -0.2) is 57.1 Å². The first-order valence-corrected chi connectivity index (χ1v) is 11.8. The second kappa shape index (κ2) is 9.80. The summed E-state index contributed by atoms with van der Waals surface area (Å²) in [6.07, 6.45) is 7.46. The first kappa shape index (κ1) is 23.7. The maximum Gasteiger partial charge on any atom is 0.271 e. The molecule has 0 aromatic carbocycles. The zero-order valence-corrected chi connectivity index (χ0v) is 19.7. The van der Waals surface area contributed by atoms with Crippen molar-refractivity contribution in [2.24, 2.45) is 0 Å². The van der Waals surface area contributed by atoms with Crippen LogP contribution >= 0.6 is 0 Å². The molecule has 0 saturated heterocycles. The minimum Gasteiger partial charge on any atom is -0.381 e. The Kier molecular flexibility index (Phi) is 6.82. The van der Waals surface area contributed by atoms with E-state index in [0.29, 0.717) is 43.7 Å². The van der Waals surface area contributed by atoms with Crippen LogP contribution in [0.1, 0.15) is 52.0 Å². The predicted molar refractivity (Wildman–Crippen MR) is 126 cm³/mol. The fraction of sp³-hybridized carbons (Fsp3) is 0.522. The standard InChI is InChI=1S/C23H31N7O4/c1-4-24-21(32)23(22(33)25-5-2)11-18(29-34-23)16-12-26-20-17(13-27-30(20)6-3)19(16)28-14-7-9-15(31)10-8-14/h11-14,29H,4-10H2,1-3H3,(H,24,32)(H,25,33)(H,26,28). The summed E-state index contributed by atoms with van der Waals surface area (Å²) >= 11 is 0. The number of Topliss-reactive ketones (excluding diaryl/α,β-unsaturated/α-hetero) is 1. The molecule has 2 aromatic rings. The van der Waals surface area contributed by atoms with Crippen LogP contribution in [0, 0.1) is 0 Å². The summed E-state index contributed by atoms with van der Waals surface area (Å²) in [5.41, 5.74) is 3.53. The molecular formula is C23H31N7O4. The van der Waals surface area contributed by atoms with Crippen molar-refractivity contribution in [1.82, 2.24) is 30.9 Å². The number of pyridine rings is 1. The average Bonchev–Trinajstić information content (AvgIpc) is 3.46. The van der Waals surface area contributed by atoms with Gasteiger partial charge in [-0.05, 0) is 39.7 Å². The number of aryl methyl sites for hydroxylation is 1. The molecule has 0 spiro atoms. The van der Waals surface area contributed by atoms with Gasteiger partial charge in [0.25, 0.3) is 17.4 Å². The lowest BCUT2D eigenvalue weighted by molar-refractivity contribution is -0.157. The highest BCUT2D eigenvalue weighted by Crippen LogP contribution is 2.36. The van der Waals surface area contributed by atoms with Gasteiger partial charge >= 0.3 is 0 Å². The molecule has 34 heavy (non-hydrogen) atoms. The molecule has 3 heterocycles. The van der Waals surface area contributed by atoms with Crippen molar-refractivity contribution in [3.63, 3.8) is 0 Å². The summed E-state index contributed by atoms with van der Waals surface area (Å²) in [5.74, 6) is -0.840. The summed E-state index contributed by atoms with van der Waals surface area (Å²) in [6.45, 7) is 6.90. The number of amides is 2. The van der Waals surface area contributed by atoms with Gasteiger partial charge in [0, 0.05) is 50.3 Å². The smallest absolute Gasteiger partial charge is 0.271 e. The zero-order valence-electron chi connectivity index (χ0n) is 19.7. The molecule has 0 atom stereocenters. The van der Waals surface area contributed by atoms with E-state index in [1.165, 1.54) is 6.08 Å². The molecule has 2 amide bonds. The van der Waals surface area contributed by atoms with Crippen molar-refractivity contribution in [3.8, 4) is 0 Å². The van der Waals surface area contributed by atoms with Crippen molar-refractivity contribution >= 4 is 40.0 Å². The number of hydrogen-bond donors (Lipinski definition) is 4. The van der Waals surface area contributed by atoms with E-state index in [1.54, 1.807) is 30.9 Å². The number of anilines is 1. The second-order valence-electron chi connectivity index (χ2n) is 8.42. The highest BCUT2D eigenvalue weighted by molar-refractivity contribution is 6.13. The fourth-order valence-electron chi connectivity index (χ4n) is 4.35. The molecule has 1 fully saturated rings. The number of nitrogens with zero attached hydrogens (tertiary/aromatic N) is 3. The molecule has 4 N–H and O–H groups in total. The number of ketones is 1. The lowest BCUT2D eigenvalue weighted by Gasteiger charge is -2.25. The van der Waals surface area contributed by atoms with Gasteiger partial charge in [-0.25, -0.2) is 14.5 Å². The van der Waals surface area contributed by atoms with Gasteiger partial charge in [0.15, 0.2) is 5.65 Å². The van der Waals surface area contributed by atoms with Gasteiger partial charge < -0.3 is 16.0 Å². The van der Waals surface area contributed by atoms with Crippen LogP contribution in [0.15, 0.2) is 18.5 Å². The van der Waals surface area contributed by atoms with Crippen LogP contribution in [0.4, 0.5) is 5.69 Å². The first-order valence-electron chi connectivity index (χ1n) is 11.8. The van der Waals surface area contributed by atoms with Crippen molar-refractivity contribution in [2.75, 3.05) is 18.4 Å². The van der Waals surface area contributed by atoms with E-state index in [0.717, 1.165) is 29.6 Å². The summed E-state index contributed by atoms with van der Waals surface area (Å²) in [7, 11) is 0. The summed E-state index contributed by atoms with van der Waals surface area (Å²) in [5, 5.41) is 14.2. The molecule has 182 valence electrons. The number of likely N-dealkylation sites (N-methyl/N-ethyl adjacent to an activating group) is 2. The van der Waals surface area contributed by atoms with Gasteiger partial charge in [-0.3, -0.25) is 19.9 Å². The Bertz CT molecular complexity index is 1110. The highest BCUT2D eigenvalue weighted by Gasteiger charge is 2.50. The molecule has 11 heteroatoms. The molecule has 4 rings (SSSR count). The average molecular weight is 470 g/mol. The largest absolute Gasteiger partial charge is 0.381 e. The van der Waals surface area contributed by atoms with Crippen molar-refractivity contribution in [2.45, 2.75) is 64.6 Å². The predicted octanol–water partition coefficient (Wildman–Crippen LogP) is 1.26. The molecule has 11 nitrogen and oxygen atoms in total. The minimum atomic E-state index is -1.85. The lowest BCUT2D eigenvalue weighted by Crippen LogP contribution is -2.57. The molecule has 0 bridgehead atoms. The van der Waals surface area contributed by atoms with Gasteiger partial charge in [-0.15, -0.1) is 0 Å². The Hall–Kier alpha value is -3.47. The number of carbonyl (C=O) groups excluding carboxylic acids is 3. The van der Waals surface area contributed by atoms with E-state index in [9.17, 15) is 14.4 Å². The molecule has 2 aliphatic rings. The number of rotatable bonds is 8. The SMILES string of the molecule is CCNC(=O)C1(C(=O)NCC)C=C(c2cnc3c(cnn3CC)c2NC2CCC(=O)CC2)NO1. The van der Waals surface area contributed by atoms with Crippen LogP contribution in [0.2, 0.25) is 0 Å². The van der Waals surface area contributed by atoms with E-state index in [4.69, 9.17) is 4.84 Å². The summed E-state index contributed by atoms with van der Waals surface area (Å²) < 4.78 is 1.80. The number of hydrogen-bond acceptors (Lipinski definition) is 8. The van der Waals surface area contributed by atoms with Crippen LogP contribution in [0.3, 0.4) is 0 Å². The number of hydroxylamine groups is 1. The Morgan fingerprint density at radius 1 is 1.15 bits per heavy atom. The Morgan fingerprint density at radius 3 is 2.44 bits per heavy atom. The van der Waals surface area contributed by atoms with E-state index >= 15 is 0 Å². The second-order valence-corrected chi connectivity index (χ2v) is 8.42. The van der Waals surface area contributed by atoms with E-state index < -0.39 is 17.4 Å². The normalized spacial score (nSPS) is 17.9. The van der Waals surface area contributed by atoms with E-state index in [1.807, 2.05) is 6.92 Å². The Morgan fingerprint density at radius 2 is 1.82 bits per heavy atom. The molecule has 1 saturated carbocycles. The molecule has 1 aliphatic carbocycles. The molecule has 0 radical (unpaired) electrons. The third-order valence-corrected chi connectivity index (χ3v) is 6.17. The zero-order chi connectivity index (χ0) is 24.3. The first-order chi connectivity index (χ1) is 16.4. The van der Waals surface area contributed by atoms with Crippen molar-refractivity contribution < 1.29 is 19.2 Å². The molecule has 1 aliphatic heterocycles. The summed E-state index contributed by atoms with van der Waals surface area (Å²) in [6, 6.07) is 0.103. The highest BCUT2D eigenvalue weighted by atomic mass is 16.7. The number of nitrogens with one attached hydrogen (secondary N) is 4. The topological polar surface area (TPSA) is 139 Å². The molecule has 0 unspecified atom stereocenters. The third kappa shape index (κ3) is 4.23. The van der Waals surface area contributed by atoms with Crippen LogP contribution in [0.25, 0.3) is 16.7 Å². The molecule has 2 aromatic heterocycles. The minimum absolute atomic E-state index is 0.103. The third-order valence-electron chi connectivity index (χ3n) is 6.17. The Balaban J connectivity index is 1.79. The summed E-state index contributed by atoms with van der Waals surface area (Å²) in [4.78, 5) is 47.8.